The summed E-state index contributed by atoms with van der Waals surface area (Å²) in [5.41, 5.74) is 8.12. The number of benzene rings is 2. The van der Waals surface area contributed by atoms with Crippen LogP contribution in [0.5, 0.6) is 0 Å². The molecule has 1 atom stereocenters. The van der Waals surface area contributed by atoms with Gasteiger partial charge in [-0.2, -0.15) is 5.26 Å². The largest absolute Gasteiger partial charge is 0.382 e. The van der Waals surface area contributed by atoms with Crippen molar-refractivity contribution in [2.24, 2.45) is 0 Å². The minimum atomic E-state index is -3.23. The molecule has 198 valence electrons. The first kappa shape index (κ1) is 26.0. The Hall–Kier alpha value is -4.63. The van der Waals surface area contributed by atoms with Gasteiger partial charge in [-0.1, -0.05) is 30.3 Å². The Bertz CT molecular complexity index is 1730. The molecule has 2 aromatic carbocycles. The molecule has 10 nitrogen and oxygen atoms in total. The molecule has 5 rings (SSSR count). The highest BCUT2D eigenvalue weighted by atomic mass is 32.2. The van der Waals surface area contributed by atoms with Crippen LogP contribution in [0.1, 0.15) is 34.6 Å². The van der Waals surface area contributed by atoms with Crippen molar-refractivity contribution >= 4 is 38.3 Å². The molecule has 0 spiro atoms. The van der Waals surface area contributed by atoms with Crippen LogP contribution in [-0.2, 0) is 9.84 Å². The molecular formula is C27H24FN7O3S. The van der Waals surface area contributed by atoms with Gasteiger partial charge in [0.1, 0.15) is 35.4 Å². The van der Waals surface area contributed by atoms with Crippen molar-refractivity contribution in [2.75, 3.05) is 35.6 Å². The molecule has 1 aliphatic heterocycles. The van der Waals surface area contributed by atoms with Crippen LogP contribution in [0.3, 0.4) is 0 Å². The number of amides is 1. The zero-order valence-corrected chi connectivity index (χ0v) is 21.7. The SMILES string of the molecule is C[C@H](Nc1ncnc(N)c1C#N)c1nc2ccc(F)cc2c(C(=O)N2CCS(=O)(=O)CC2)c1-c1ccccc1. The van der Waals surface area contributed by atoms with E-state index >= 15 is 0 Å². The Labute approximate surface area is 224 Å². The number of carbonyl (C=O) groups excluding carboxylic acids is 1. The molecule has 0 aliphatic carbocycles. The lowest BCUT2D eigenvalue weighted by molar-refractivity contribution is 0.0773. The van der Waals surface area contributed by atoms with Crippen molar-refractivity contribution < 1.29 is 17.6 Å². The third kappa shape index (κ3) is 5.08. The van der Waals surface area contributed by atoms with Crippen molar-refractivity contribution in [1.82, 2.24) is 19.9 Å². The van der Waals surface area contributed by atoms with Crippen molar-refractivity contribution in [1.29, 1.82) is 5.26 Å². The van der Waals surface area contributed by atoms with E-state index in [9.17, 15) is 22.9 Å². The Morgan fingerprint density at radius 3 is 2.56 bits per heavy atom. The maximum atomic E-state index is 14.5. The highest BCUT2D eigenvalue weighted by molar-refractivity contribution is 7.91. The highest BCUT2D eigenvalue weighted by Crippen LogP contribution is 2.37. The van der Waals surface area contributed by atoms with Crippen LogP contribution >= 0.6 is 0 Å². The van der Waals surface area contributed by atoms with E-state index in [1.807, 2.05) is 36.4 Å². The lowest BCUT2D eigenvalue weighted by Crippen LogP contribution is -2.44. The molecule has 12 heteroatoms. The lowest BCUT2D eigenvalue weighted by atomic mass is 9.91. The zero-order valence-electron chi connectivity index (χ0n) is 20.9. The Morgan fingerprint density at radius 2 is 1.87 bits per heavy atom. The molecular weight excluding hydrogens is 521 g/mol. The summed E-state index contributed by atoms with van der Waals surface area (Å²) in [6.07, 6.45) is 1.24. The second-order valence-electron chi connectivity index (χ2n) is 9.18. The summed E-state index contributed by atoms with van der Waals surface area (Å²) in [4.78, 5) is 28.4. The molecule has 1 fully saturated rings. The number of pyridine rings is 1. The molecule has 3 N–H and O–H groups in total. The van der Waals surface area contributed by atoms with Gasteiger partial charge in [-0.05, 0) is 30.7 Å². The number of nitrogens with two attached hydrogens (primary N) is 1. The van der Waals surface area contributed by atoms with Gasteiger partial charge in [-0.3, -0.25) is 4.79 Å². The lowest BCUT2D eigenvalue weighted by Gasteiger charge is -2.29. The van der Waals surface area contributed by atoms with Crippen LogP contribution in [0.4, 0.5) is 16.0 Å². The van der Waals surface area contributed by atoms with Crippen LogP contribution in [0, 0.1) is 17.1 Å². The molecule has 0 saturated carbocycles. The predicted octanol–water partition coefficient (Wildman–Crippen LogP) is 3.33. The Kier molecular flexibility index (Phi) is 6.84. The Morgan fingerprint density at radius 1 is 1.15 bits per heavy atom. The highest BCUT2D eigenvalue weighted by Gasteiger charge is 2.31. The van der Waals surface area contributed by atoms with Gasteiger partial charge in [-0.25, -0.2) is 27.8 Å². The van der Waals surface area contributed by atoms with E-state index in [1.54, 1.807) is 6.92 Å². The van der Waals surface area contributed by atoms with Gasteiger partial charge in [0.05, 0.1) is 34.3 Å². The molecule has 4 aromatic rings. The van der Waals surface area contributed by atoms with E-state index in [2.05, 4.69) is 15.3 Å². The molecule has 39 heavy (non-hydrogen) atoms. The monoisotopic (exact) mass is 545 g/mol. The molecule has 0 bridgehead atoms. The number of hydrogen-bond donors (Lipinski definition) is 2. The van der Waals surface area contributed by atoms with Crippen LogP contribution < -0.4 is 11.1 Å². The first-order valence-electron chi connectivity index (χ1n) is 12.1. The van der Waals surface area contributed by atoms with Crippen molar-refractivity contribution in [3.63, 3.8) is 0 Å². The van der Waals surface area contributed by atoms with Crippen LogP contribution in [0.25, 0.3) is 22.0 Å². The summed E-state index contributed by atoms with van der Waals surface area (Å²) in [6.45, 7) is 1.86. The molecule has 2 aromatic heterocycles. The van der Waals surface area contributed by atoms with E-state index in [1.165, 1.54) is 29.4 Å². The second-order valence-corrected chi connectivity index (χ2v) is 11.5. The third-order valence-electron chi connectivity index (χ3n) is 6.63. The van der Waals surface area contributed by atoms with Crippen molar-refractivity contribution in [2.45, 2.75) is 13.0 Å². The fourth-order valence-corrected chi connectivity index (χ4v) is 5.85. The molecule has 0 unspecified atom stereocenters. The summed E-state index contributed by atoms with van der Waals surface area (Å²) in [5, 5.41) is 13.1. The average molecular weight is 546 g/mol. The number of nitriles is 1. The minimum Gasteiger partial charge on any atom is -0.382 e. The van der Waals surface area contributed by atoms with Crippen LogP contribution in [0.2, 0.25) is 0 Å². The van der Waals surface area contributed by atoms with E-state index < -0.39 is 27.6 Å². The number of sulfone groups is 1. The molecule has 3 heterocycles. The molecule has 1 saturated heterocycles. The van der Waals surface area contributed by atoms with Gasteiger partial charge in [0.2, 0.25) is 0 Å². The number of anilines is 2. The number of carbonyl (C=O) groups is 1. The summed E-state index contributed by atoms with van der Waals surface area (Å²) in [5.74, 6) is -1.02. The normalized spacial score (nSPS) is 15.5. The Balaban J connectivity index is 1.74. The summed E-state index contributed by atoms with van der Waals surface area (Å²) < 4.78 is 38.6. The minimum absolute atomic E-state index is 0.0170. The van der Waals surface area contributed by atoms with E-state index in [0.717, 1.165) is 0 Å². The number of halogens is 1. The van der Waals surface area contributed by atoms with Crippen molar-refractivity contribution in [3.05, 3.63) is 77.5 Å². The maximum Gasteiger partial charge on any atom is 0.255 e. The molecule has 0 radical (unpaired) electrons. The zero-order chi connectivity index (χ0) is 27.7. The standard InChI is InChI=1S/C27H24FN7O3S/c1-16(33-26-20(14-29)25(30)31-15-32-26)24-22(17-5-3-2-4-6-17)23(19-13-18(28)7-8-21(19)34-24)27(36)35-9-11-39(37,38)12-10-35/h2-8,13,15-16H,9-12H2,1H3,(H3,30,31,32,33)/t16-/m0/s1. The van der Waals surface area contributed by atoms with Gasteiger partial charge in [0, 0.05) is 24.0 Å². The summed E-state index contributed by atoms with van der Waals surface area (Å²) >= 11 is 0. The van der Waals surface area contributed by atoms with Crippen molar-refractivity contribution in [3.8, 4) is 17.2 Å². The maximum absolute atomic E-state index is 14.5. The topological polar surface area (TPSA) is 155 Å². The average Bonchev–Trinajstić information content (AvgIpc) is 2.92. The smallest absolute Gasteiger partial charge is 0.255 e. The van der Waals surface area contributed by atoms with E-state index in [-0.39, 0.29) is 47.4 Å². The van der Waals surface area contributed by atoms with E-state index in [0.29, 0.717) is 27.7 Å². The summed E-state index contributed by atoms with van der Waals surface area (Å²) in [6, 6.07) is 14.5. The van der Waals surface area contributed by atoms with Gasteiger partial charge in [0.25, 0.3) is 5.91 Å². The number of nitrogen functional groups attached to an aromatic ring is 1. The fraction of sp³-hybridized carbons (Fsp3) is 0.222. The van der Waals surface area contributed by atoms with E-state index in [4.69, 9.17) is 10.7 Å². The number of aromatic nitrogens is 3. The quantitative estimate of drug-likeness (QED) is 0.384. The number of nitrogens with one attached hydrogen (secondary N) is 1. The number of rotatable bonds is 5. The summed E-state index contributed by atoms with van der Waals surface area (Å²) in [7, 11) is -3.23. The third-order valence-corrected chi connectivity index (χ3v) is 8.24. The van der Waals surface area contributed by atoms with Gasteiger partial charge in [-0.15, -0.1) is 0 Å². The van der Waals surface area contributed by atoms with Crippen LogP contribution in [-0.4, -0.2) is 58.8 Å². The van der Waals surface area contributed by atoms with Gasteiger partial charge in [0.15, 0.2) is 9.84 Å². The predicted molar refractivity (Wildman–Crippen MR) is 145 cm³/mol. The first-order valence-corrected chi connectivity index (χ1v) is 14.0. The fourth-order valence-electron chi connectivity index (χ4n) is 4.65. The molecule has 1 amide bonds. The second kappa shape index (κ2) is 10.3. The van der Waals surface area contributed by atoms with Gasteiger partial charge >= 0.3 is 0 Å². The number of hydrogen-bond acceptors (Lipinski definition) is 9. The van der Waals surface area contributed by atoms with Gasteiger partial charge < -0.3 is 16.0 Å². The number of fused-ring (bicyclic) bond motifs is 1. The van der Waals surface area contributed by atoms with Crippen LogP contribution in [0.15, 0.2) is 54.9 Å². The number of nitrogens with zero attached hydrogens (tertiary/aromatic N) is 5. The first-order chi connectivity index (χ1) is 18.7. The molecule has 1 aliphatic rings.